The lowest BCUT2D eigenvalue weighted by atomic mass is 10.1. The van der Waals surface area contributed by atoms with Crippen LogP contribution in [0.3, 0.4) is 0 Å². The van der Waals surface area contributed by atoms with Gasteiger partial charge in [0.15, 0.2) is 25.1 Å². The highest BCUT2D eigenvalue weighted by Crippen LogP contribution is 2.40. The molecule has 0 spiro atoms. The molecule has 2 unspecified atom stereocenters. The van der Waals surface area contributed by atoms with E-state index in [2.05, 4.69) is 0 Å². The molecule has 0 bridgehead atoms. The van der Waals surface area contributed by atoms with Crippen LogP contribution in [0.5, 0.6) is 11.5 Å². The van der Waals surface area contributed by atoms with E-state index in [1.165, 1.54) is 14.2 Å². The van der Waals surface area contributed by atoms with Crippen LogP contribution in [0.15, 0.2) is 58.3 Å². The van der Waals surface area contributed by atoms with Crippen LogP contribution in [0.2, 0.25) is 0 Å². The van der Waals surface area contributed by atoms with Gasteiger partial charge in [0.05, 0.1) is 15.9 Å². The first-order valence-electron chi connectivity index (χ1n) is 9.97. The fourth-order valence-corrected chi connectivity index (χ4v) is 4.94. The number of hydrogen-bond acceptors (Lipinski definition) is 7. The van der Waals surface area contributed by atoms with Crippen molar-refractivity contribution >= 4 is 9.84 Å². The summed E-state index contributed by atoms with van der Waals surface area (Å²) in [6.45, 7) is 3.93. The minimum absolute atomic E-state index is 0.0405. The van der Waals surface area contributed by atoms with Gasteiger partial charge < -0.3 is 23.7 Å². The molecule has 1 aliphatic rings. The molecule has 3 rings (SSSR count). The molecule has 0 amide bonds. The number of rotatable bonds is 10. The summed E-state index contributed by atoms with van der Waals surface area (Å²) in [5.41, 5.74) is 1.75. The predicted octanol–water partition coefficient (Wildman–Crippen LogP) is 4.17. The Morgan fingerprint density at radius 1 is 0.935 bits per heavy atom. The summed E-state index contributed by atoms with van der Waals surface area (Å²) in [5, 5.41) is 0. The molecule has 1 heterocycles. The normalized spacial score (nSPS) is 18.6. The second-order valence-corrected chi connectivity index (χ2v) is 9.10. The molecule has 8 heteroatoms. The number of aryl methyl sites for hydroxylation is 1. The van der Waals surface area contributed by atoms with Crippen molar-refractivity contribution in [1.29, 1.82) is 0 Å². The van der Waals surface area contributed by atoms with E-state index in [0.29, 0.717) is 17.9 Å². The number of ether oxygens (including phenoxy) is 5. The molecule has 2 aromatic carbocycles. The summed E-state index contributed by atoms with van der Waals surface area (Å²) >= 11 is 0. The summed E-state index contributed by atoms with van der Waals surface area (Å²) in [7, 11) is -0.604. The van der Waals surface area contributed by atoms with Crippen molar-refractivity contribution in [2.45, 2.75) is 37.4 Å². The Labute approximate surface area is 183 Å². The number of benzene rings is 2. The van der Waals surface area contributed by atoms with Crippen LogP contribution >= 0.6 is 0 Å². The summed E-state index contributed by atoms with van der Waals surface area (Å²) in [4.78, 5) is 0.544. The maximum absolute atomic E-state index is 13.2. The van der Waals surface area contributed by atoms with E-state index in [1.54, 1.807) is 42.5 Å². The lowest BCUT2D eigenvalue weighted by molar-refractivity contribution is 0.0314. The minimum atomic E-state index is -3.66. The van der Waals surface area contributed by atoms with Gasteiger partial charge in [0.25, 0.3) is 0 Å². The highest BCUT2D eigenvalue weighted by atomic mass is 32.2. The predicted molar refractivity (Wildman–Crippen MR) is 116 cm³/mol. The minimum Gasteiger partial charge on any atom is -0.464 e. The van der Waals surface area contributed by atoms with Gasteiger partial charge in [-0.3, -0.25) is 0 Å². The van der Waals surface area contributed by atoms with E-state index in [4.69, 9.17) is 23.7 Å². The lowest BCUT2D eigenvalue weighted by Gasteiger charge is -2.17. The standard InChI is InChI=1S/C23H28O7S/c1-5-19-23(31(24,25)18-9-6-16(2)7-10-18)13-21(30-19)17-8-11-20(28-14-26-3)22(12-17)29-15-27-4/h6-13,19,21H,5,14-15H2,1-4H3. The van der Waals surface area contributed by atoms with E-state index in [1.807, 2.05) is 19.9 Å². The van der Waals surface area contributed by atoms with Crippen LogP contribution in [0.25, 0.3) is 0 Å². The van der Waals surface area contributed by atoms with Crippen molar-refractivity contribution in [2.75, 3.05) is 27.8 Å². The average molecular weight is 449 g/mol. The first kappa shape index (κ1) is 23.3. The molecule has 1 aliphatic heterocycles. The first-order valence-corrected chi connectivity index (χ1v) is 11.4. The molecular formula is C23H28O7S. The molecule has 0 aliphatic carbocycles. The van der Waals surface area contributed by atoms with Gasteiger partial charge in [0.1, 0.15) is 6.10 Å². The van der Waals surface area contributed by atoms with Crippen LogP contribution in [-0.2, 0) is 24.0 Å². The van der Waals surface area contributed by atoms with Crippen LogP contribution in [0.4, 0.5) is 0 Å². The monoisotopic (exact) mass is 448 g/mol. The molecule has 0 radical (unpaired) electrons. The zero-order valence-electron chi connectivity index (χ0n) is 18.2. The molecule has 7 nitrogen and oxygen atoms in total. The summed E-state index contributed by atoms with van der Waals surface area (Å²) < 4.78 is 53.7. The molecule has 0 fully saturated rings. The topological polar surface area (TPSA) is 80.3 Å². The fraction of sp³-hybridized carbons (Fsp3) is 0.391. The second-order valence-electron chi connectivity index (χ2n) is 7.15. The van der Waals surface area contributed by atoms with E-state index in [-0.39, 0.29) is 23.4 Å². The zero-order chi connectivity index (χ0) is 22.4. The Balaban J connectivity index is 1.94. The van der Waals surface area contributed by atoms with Crippen molar-refractivity contribution in [2.24, 2.45) is 0 Å². The largest absolute Gasteiger partial charge is 0.464 e. The van der Waals surface area contributed by atoms with Crippen molar-refractivity contribution in [3.05, 3.63) is 64.6 Å². The SMILES string of the molecule is CCC1OC(c2ccc(OCOC)c(OCOC)c2)C=C1S(=O)(=O)c1ccc(C)cc1. The average Bonchev–Trinajstić information content (AvgIpc) is 3.22. The molecule has 2 atom stereocenters. The Morgan fingerprint density at radius 2 is 1.58 bits per heavy atom. The van der Waals surface area contributed by atoms with Gasteiger partial charge in [-0.2, -0.15) is 0 Å². The molecule has 168 valence electrons. The van der Waals surface area contributed by atoms with Crippen molar-refractivity contribution in [3.8, 4) is 11.5 Å². The van der Waals surface area contributed by atoms with Gasteiger partial charge in [-0.1, -0.05) is 30.7 Å². The van der Waals surface area contributed by atoms with Crippen molar-refractivity contribution < 1.29 is 32.1 Å². The molecule has 31 heavy (non-hydrogen) atoms. The maximum atomic E-state index is 13.2. The van der Waals surface area contributed by atoms with Gasteiger partial charge in [-0.15, -0.1) is 0 Å². The van der Waals surface area contributed by atoms with Crippen LogP contribution < -0.4 is 9.47 Å². The van der Waals surface area contributed by atoms with Gasteiger partial charge >= 0.3 is 0 Å². The Kier molecular flexibility index (Phi) is 7.72. The molecule has 2 aromatic rings. The Hall–Kier alpha value is -2.39. The third kappa shape index (κ3) is 5.27. The maximum Gasteiger partial charge on any atom is 0.205 e. The third-order valence-electron chi connectivity index (χ3n) is 4.92. The highest BCUT2D eigenvalue weighted by Gasteiger charge is 2.36. The number of hydrogen-bond donors (Lipinski definition) is 0. The van der Waals surface area contributed by atoms with Crippen LogP contribution in [0.1, 0.15) is 30.6 Å². The van der Waals surface area contributed by atoms with E-state index >= 15 is 0 Å². The summed E-state index contributed by atoms with van der Waals surface area (Å²) in [6.07, 6.45) is 1.16. The molecular weight excluding hydrogens is 420 g/mol. The van der Waals surface area contributed by atoms with Crippen molar-refractivity contribution in [1.82, 2.24) is 0 Å². The van der Waals surface area contributed by atoms with Crippen molar-refractivity contribution in [3.63, 3.8) is 0 Å². The zero-order valence-corrected chi connectivity index (χ0v) is 19.0. The van der Waals surface area contributed by atoms with Gasteiger partial charge in [-0.05, 0) is 49.2 Å². The van der Waals surface area contributed by atoms with E-state index in [9.17, 15) is 8.42 Å². The molecule has 0 saturated heterocycles. The highest BCUT2D eigenvalue weighted by molar-refractivity contribution is 7.95. The van der Waals surface area contributed by atoms with Gasteiger partial charge in [0, 0.05) is 14.2 Å². The molecule has 0 saturated carbocycles. The van der Waals surface area contributed by atoms with E-state index in [0.717, 1.165) is 11.1 Å². The second kappa shape index (κ2) is 10.3. The molecule has 0 aromatic heterocycles. The lowest BCUT2D eigenvalue weighted by Crippen LogP contribution is -2.17. The quantitative estimate of drug-likeness (QED) is 0.505. The smallest absolute Gasteiger partial charge is 0.205 e. The van der Waals surface area contributed by atoms with Crippen LogP contribution in [0, 0.1) is 6.92 Å². The Bertz CT molecular complexity index is 1010. The Morgan fingerprint density at radius 3 is 2.19 bits per heavy atom. The number of methoxy groups -OCH3 is 2. The van der Waals surface area contributed by atoms with Gasteiger partial charge in [-0.25, -0.2) is 8.42 Å². The van der Waals surface area contributed by atoms with Crippen LogP contribution in [-0.4, -0.2) is 42.3 Å². The fourth-order valence-electron chi connectivity index (χ4n) is 3.31. The summed E-state index contributed by atoms with van der Waals surface area (Å²) in [6, 6.07) is 12.2. The number of sulfone groups is 1. The third-order valence-corrected chi connectivity index (χ3v) is 6.83. The first-order chi connectivity index (χ1) is 14.9. The van der Waals surface area contributed by atoms with Gasteiger partial charge in [0.2, 0.25) is 9.84 Å². The summed E-state index contributed by atoms with van der Waals surface area (Å²) in [5.74, 6) is 0.945. The van der Waals surface area contributed by atoms with E-state index < -0.39 is 22.0 Å². The molecule has 0 N–H and O–H groups in total.